The van der Waals surface area contributed by atoms with Gasteiger partial charge in [0.1, 0.15) is 11.8 Å². The monoisotopic (exact) mass is 353 g/mol. The first-order valence-electron chi connectivity index (χ1n) is 8.54. The van der Waals surface area contributed by atoms with Crippen LogP contribution in [0.4, 0.5) is 5.13 Å². The molecule has 3 atom stereocenters. The number of thiazole rings is 1. The minimum Gasteiger partial charge on any atom is -0.461 e. The van der Waals surface area contributed by atoms with E-state index in [1.165, 1.54) is 17.8 Å². The summed E-state index contributed by atoms with van der Waals surface area (Å²) in [7, 11) is 0. The van der Waals surface area contributed by atoms with Gasteiger partial charge in [-0.1, -0.05) is 32.3 Å². The number of rotatable bonds is 6. The molecule has 1 aliphatic carbocycles. The van der Waals surface area contributed by atoms with Crippen molar-refractivity contribution < 1.29 is 14.4 Å². The van der Waals surface area contributed by atoms with Gasteiger partial charge in [-0.25, -0.2) is 9.78 Å². The van der Waals surface area contributed by atoms with Gasteiger partial charge < -0.3 is 15.3 Å². The summed E-state index contributed by atoms with van der Waals surface area (Å²) in [6, 6.07) is 0. The molecular weight excluding hydrogens is 326 g/mol. The highest BCUT2D eigenvalue weighted by Gasteiger charge is 2.33. The summed E-state index contributed by atoms with van der Waals surface area (Å²) in [5.74, 6) is 1.02. The molecule has 6 nitrogen and oxygen atoms in total. The maximum atomic E-state index is 12.2. The Kier molecular flexibility index (Phi) is 6.60. The zero-order valence-electron chi connectivity index (χ0n) is 14.8. The molecule has 1 aliphatic rings. The molecule has 0 aliphatic heterocycles. The van der Waals surface area contributed by atoms with E-state index in [1.807, 2.05) is 0 Å². The van der Waals surface area contributed by atoms with E-state index in [1.54, 1.807) is 12.3 Å². The van der Waals surface area contributed by atoms with Gasteiger partial charge in [-0.05, 0) is 31.6 Å². The van der Waals surface area contributed by atoms with E-state index in [0.717, 1.165) is 12.8 Å². The van der Waals surface area contributed by atoms with Crippen molar-refractivity contribution in [2.24, 2.45) is 22.9 Å². The minimum atomic E-state index is -0.534. The fraction of sp³-hybridized carbons (Fsp3) is 0.706. The molecule has 0 amide bonds. The van der Waals surface area contributed by atoms with Gasteiger partial charge in [0.15, 0.2) is 5.13 Å². The Morgan fingerprint density at radius 3 is 2.83 bits per heavy atom. The molecular formula is C17H27N3O3S. The van der Waals surface area contributed by atoms with Crippen LogP contribution in [0.3, 0.4) is 0 Å². The van der Waals surface area contributed by atoms with E-state index in [-0.39, 0.29) is 18.4 Å². The van der Waals surface area contributed by atoms with Crippen LogP contribution in [0.2, 0.25) is 0 Å². The number of hydrogen-bond acceptors (Lipinski definition) is 7. The second-order valence-corrected chi connectivity index (χ2v) is 7.59. The van der Waals surface area contributed by atoms with Gasteiger partial charge in [0, 0.05) is 11.3 Å². The average Bonchev–Trinajstić information content (AvgIpc) is 2.94. The van der Waals surface area contributed by atoms with Crippen LogP contribution in [0.1, 0.15) is 52.7 Å². The summed E-state index contributed by atoms with van der Waals surface area (Å²) in [4.78, 5) is 22.2. The van der Waals surface area contributed by atoms with Gasteiger partial charge in [0.05, 0.1) is 6.61 Å². The van der Waals surface area contributed by atoms with E-state index in [4.69, 9.17) is 15.3 Å². The minimum absolute atomic E-state index is 0.00848. The fourth-order valence-corrected chi connectivity index (χ4v) is 3.69. The van der Waals surface area contributed by atoms with Crippen molar-refractivity contribution >= 4 is 28.1 Å². The highest BCUT2D eigenvalue weighted by Crippen LogP contribution is 2.35. The molecule has 0 aromatic carbocycles. The fourth-order valence-electron chi connectivity index (χ4n) is 3.14. The number of nitrogen functional groups attached to an aromatic ring is 1. The highest BCUT2D eigenvalue weighted by atomic mass is 32.1. The Hall–Kier alpha value is -1.63. The zero-order valence-corrected chi connectivity index (χ0v) is 15.6. The Balaban J connectivity index is 2.20. The lowest BCUT2D eigenvalue weighted by molar-refractivity contribution is -0.135. The molecule has 134 valence electrons. The third kappa shape index (κ3) is 4.69. The summed E-state index contributed by atoms with van der Waals surface area (Å²) in [6.45, 7) is 8.65. The van der Waals surface area contributed by atoms with Crippen molar-refractivity contribution in [2.45, 2.75) is 53.1 Å². The molecule has 1 heterocycles. The second kappa shape index (κ2) is 8.46. The van der Waals surface area contributed by atoms with Crippen LogP contribution in [0.5, 0.6) is 0 Å². The van der Waals surface area contributed by atoms with Crippen LogP contribution in [-0.4, -0.2) is 29.4 Å². The van der Waals surface area contributed by atoms with Crippen molar-refractivity contribution in [3.63, 3.8) is 0 Å². The van der Waals surface area contributed by atoms with Crippen molar-refractivity contribution in [2.75, 3.05) is 12.3 Å². The molecule has 2 N–H and O–H groups in total. The number of carbonyl (C=O) groups excluding carboxylic acids is 1. The largest absolute Gasteiger partial charge is 0.461 e. The molecule has 7 heteroatoms. The molecule has 1 aromatic heterocycles. The van der Waals surface area contributed by atoms with E-state index < -0.39 is 5.97 Å². The van der Waals surface area contributed by atoms with E-state index in [0.29, 0.717) is 28.6 Å². The van der Waals surface area contributed by atoms with Crippen LogP contribution in [0.15, 0.2) is 10.5 Å². The van der Waals surface area contributed by atoms with Crippen LogP contribution < -0.4 is 5.73 Å². The number of aromatic nitrogens is 1. The van der Waals surface area contributed by atoms with Gasteiger partial charge in [-0.3, -0.25) is 0 Å². The topological polar surface area (TPSA) is 86.8 Å². The lowest BCUT2D eigenvalue weighted by Gasteiger charge is -2.35. The Morgan fingerprint density at radius 1 is 1.50 bits per heavy atom. The number of ether oxygens (including phenoxy) is 1. The van der Waals surface area contributed by atoms with Crippen molar-refractivity contribution in [1.29, 1.82) is 0 Å². The van der Waals surface area contributed by atoms with Gasteiger partial charge in [-0.2, -0.15) is 0 Å². The van der Waals surface area contributed by atoms with Gasteiger partial charge in [-0.15, -0.1) is 11.3 Å². The number of oxime groups is 1. The summed E-state index contributed by atoms with van der Waals surface area (Å²) >= 11 is 1.26. The van der Waals surface area contributed by atoms with Crippen LogP contribution >= 0.6 is 11.3 Å². The van der Waals surface area contributed by atoms with Gasteiger partial charge >= 0.3 is 5.97 Å². The molecule has 0 radical (unpaired) electrons. The van der Waals surface area contributed by atoms with Crippen molar-refractivity contribution in [3.05, 3.63) is 11.1 Å². The van der Waals surface area contributed by atoms with Gasteiger partial charge in [0.2, 0.25) is 5.71 Å². The van der Waals surface area contributed by atoms with E-state index in [9.17, 15) is 4.79 Å². The molecule has 1 fully saturated rings. The van der Waals surface area contributed by atoms with Crippen LogP contribution in [0.25, 0.3) is 0 Å². The molecule has 0 bridgehead atoms. The normalized spacial score (nSPS) is 24.9. The Labute approximate surface area is 147 Å². The Bertz CT molecular complexity index is 585. The first-order chi connectivity index (χ1) is 11.4. The van der Waals surface area contributed by atoms with Crippen LogP contribution in [-0.2, 0) is 14.4 Å². The number of nitrogens with zero attached hydrogens (tertiary/aromatic N) is 2. The van der Waals surface area contributed by atoms with Gasteiger partial charge in [0.25, 0.3) is 0 Å². The van der Waals surface area contributed by atoms with Crippen molar-refractivity contribution in [3.8, 4) is 0 Å². The SMILES string of the molecule is CCOC(=O)/C(=N\O[C@H]1C[C@H](C)CC[C@H]1C(C)C)c1csc(N)n1. The second-order valence-electron chi connectivity index (χ2n) is 6.70. The molecule has 1 aromatic rings. The third-order valence-electron chi connectivity index (χ3n) is 4.47. The number of anilines is 1. The molecule has 0 saturated heterocycles. The molecule has 2 rings (SSSR count). The predicted molar refractivity (Wildman–Crippen MR) is 95.9 cm³/mol. The molecule has 0 unspecified atom stereocenters. The summed E-state index contributed by atoms with van der Waals surface area (Å²) in [5.41, 5.74) is 6.16. The Morgan fingerprint density at radius 2 is 2.25 bits per heavy atom. The molecule has 1 saturated carbocycles. The number of carbonyl (C=O) groups is 1. The average molecular weight is 353 g/mol. The summed E-state index contributed by atoms with van der Waals surface area (Å²) in [5, 5.41) is 6.22. The number of esters is 1. The smallest absolute Gasteiger partial charge is 0.362 e. The maximum Gasteiger partial charge on any atom is 0.362 e. The predicted octanol–water partition coefficient (Wildman–Crippen LogP) is 3.47. The first-order valence-corrected chi connectivity index (χ1v) is 9.42. The number of hydrogen-bond donors (Lipinski definition) is 1. The van der Waals surface area contributed by atoms with E-state index >= 15 is 0 Å². The lowest BCUT2D eigenvalue weighted by atomic mass is 9.75. The third-order valence-corrected chi connectivity index (χ3v) is 5.15. The molecule has 0 spiro atoms. The van der Waals surface area contributed by atoms with E-state index in [2.05, 4.69) is 30.9 Å². The number of nitrogens with two attached hydrogens (primary N) is 1. The first kappa shape index (κ1) is 18.7. The maximum absolute atomic E-state index is 12.2. The van der Waals surface area contributed by atoms with Crippen LogP contribution in [0, 0.1) is 17.8 Å². The summed E-state index contributed by atoms with van der Waals surface area (Å²) < 4.78 is 5.08. The zero-order chi connectivity index (χ0) is 17.7. The standard InChI is InChI=1S/C17H27N3O3S/c1-5-22-16(21)15(13-9-24-17(18)19-13)20-23-14-8-11(4)6-7-12(14)10(2)3/h9-12,14H,5-8H2,1-4H3,(H2,18,19)/b20-15-/t11-,12+,14+/m1/s1. The highest BCUT2D eigenvalue weighted by molar-refractivity contribution is 7.13. The quantitative estimate of drug-likeness (QED) is 0.481. The lowest BCUT2D eigenvalue weighted by Crippen LogP contribution is -2.34. The van der Waals surface area contributed by atoms with Crippen molar-refractivity contribution in [1.82, 2.24) is 4.98 Å². The molecule has 24 heavy (non-hydrogen) atoms. The summed E-state index contributed by atoms with van der Waals surface area (Å²) in [6.07, 6.45) is 3.29.